The summed E-state index contributed by atoms with van der Waals surface area (Å²) in [6, 6.07) is 10.7. The normalized spacial score (nSPS) is 28.2. The van der Waals surface area contributed by atoms with Crippen molar-refractivity contribution < 1.29 is 9.53 Å². The van der Waals surface area contributed by atoms with Gasteiger partial charge in [0.05, 0.1) is 12.1 Å². The molecule has 0 radical (unpaired) electrons. The Kier molecular flexibility index (Phi) is 5.90. The summed E-state index contributed by atoms with van der Waals surface area (Å²) in [7, 11) is 0. The quantitative estimate of drug-likeness (QED) is 0.902. The van der Waals surface area contributed by atoms with E-state index in [9.17, 15) is 4.79 Å². The summed E-state index contributed by atoms with van der Waals surface area (Å²) >= 11 is 0. The van der Waals surface area contributed by atoms with Crippen LogP contribution in [0.5, 0.6) is 0 Å². The third kappa shape index (κ3) is 4.37. The van der Waals surface area contributed by atoms with Crippen LogP contribution in [0.2, 0.25) is 0 Å². The van der Waals surface area contributed by atoms with E-state index in [1.807, 2.05) is 6.07 Å². The molecule has 1 N–H and O–H groups in total. The lowest BCUT2D eigenvalue weighted by Gasteiger charge is -2.33. The molecule has 24 heavy (non-hydrogen) atoms. The first-order valence-electron chi connectivity index (χ1n) is 9.33. The van der Waals surface area contributed by atoms with Gasteiger partial charge in [0.1, 0.15) is 0 Å². The van der Waals surface area contributed by atoms with Gasteiger partial charge >= 0.3 is 0 Å². The van der Waals surface area contributed by atoms with Crippen molar-refractivity contribution in [1.82, 2.24) is 10.2 Å². The van der Waals surface area contributed by atoms with Crippen LogP contribution in [0.4, 0.5) is 0 Å². The first kappa shape index (κ1) is 17.4. The number of amides is 1. The molecule has 1 aromatic carbocycles. The summed E-state index contributed by atoms with van der Waals surface area (Å²) in [6.45, 7) is 7.00. The molecule has 0 bridgehead atoms. The highest BCUT2D eigenvalue weighted by Gasteiger charge is 2.33. The zero-order valence-corrected chi connectivity index (χ0v) is 14.9. The number of hydrogen-bond donors (Lipinski definition) is 1. The van der Waals surface area contributed by atoms with E-state index in [1.165, 1.54) is 5.56 Å². The molecule has 4 nitrogen and oxygen atoms in total. The van der Waals surface area contributed by atoms with E-state index in [-0.39, 0.29) is 24.1 Å². The lowest BCUT2D eigenvalue weighted by atomic mass is 9.95. The Balaban J connectivity index is 1.55. The molecule has 0 aliphatic carbocycles. The second-order valence-electron chi connectivity index (χ2n) is 7.50. The Morgan fingerprint density at radius 2 is 2.08 bits per heavy atom. The summed E-state index contributed by atoms with van der Waals surface area (Å²) in [5.41, 5.74) is 1.28. The highest BCUT2D eigenvalue weighted by Crippen LogP contribution is 2.23. The average Bonchev–Trinajstić information content (AvgIpc) is 3.04. The maximum absolute atomic E-state index is 12.8. The van der Waals surface area contributed by atoms with Gasteiger partial charge in [0.2, 0.25) is 5.91 Å². The third-order valence-corrected chi connectivity index (χ3v) is 5.30. The molecule has 1 amide bonds. The fourth-order valence-corrected chi connectivity index (χ4v) is 3.85. The summed E-state index contributed by atoms with van der Waals surface area (Å²) in [6.07, 6.45) is 4.21. The van der Waals surface area contributed by atoms with Gasteiger partial charge in [-0.15, -0.1) is 0 Å². The number of ether oxygens (including phenoxy) is 1. The third-order valence-electron chi connectivity index (χ3n) is 5.30. The maximum Gasteiger partial charge on any atom is 0.237 e. The number of carbonyl (C=O) groups is 1. The molecular weight excluding hydrogens is 300 g/mol. The Morgan fingerprint density at radius 1 is 1.29 bits per heavy atom. The van der Waals surface area contributed by atoms with Crippen molar-refractivity contribution in [3.63, 3.8) is 0 Å². The van der Waals surface area contributed by atoms with Gasteiger partial charge in [0.15, 0.2) is 0 Å². The van der Waals surface area contributed by atoms with E-state index < -0.39 is 0 Å². The molecule has 3 rings (SSSR count). The molecule has 0 aromatic heterocycles. The van der Waals surface area contributed by atoms with Crippen LogP contribution in [0.1, 0.15) is 45.1 Å². The average molecular weight is 330 g/mol. The number of nitrogens with one attached hydrogen (secondary N) is 1. The molecule has 2 aliphatic rings. The number of likely N-dealkylation sites (tertiary alicyclic amines) is 1. The van der Waals surface area contributed by atoms with Crippen molar-refractivity contribution >= 4 is 5.91 Å². The molecule has 2 aliphatic heterocycles. The Bertz CT molecular complexity index is 532. The Hall–Kier alpha value is -1.39. The molecule has 0 saturated carbocycles. The number of benzene rings is 1. The van der Waals surface area contributed by atoms with Gasteiger partial charge in [-0.2, -0.15) is 0 Å². The minimum atomic E-state index is 0.0190. The summed E-state index contributed by atoms with van der Waals surface area (Å²) < 4.78 is 5.82. The molecule has 2 fully saturated rings. The van der Waals surface area contributed by atoms with Crippen molar-refractivity contribution in [2.75, 3.05) is 13.2 Å². The second kappa shape index (κ2) is 8.13. The van der Waals surface area contributed by atoms with Crippen LogP contribution in [-0.4, -0.2) is 42.1 Å². The van der Waals surface area contributed by atoms with Crippen molar-refractivity contribution in [2.45, 2.75) is 64.3 Å². The largest absolute Gasteiger partial charge is 0.378 e. The van der Waals surface area contributed by atoms with E-state index in [0.29, 0.717) is 5.92 Å². The number of carbonyl (C=O) groups excluding carboxylic acids is 1. The molecular formula is C20H30N2O2. The van der Waals surface area contributed by atoms with Crippen LogP contribution < -0.4 is 5.32 Å². The minimum Gasteiger partial charge on any atom is -0.378 e. The standard InChI is InChI=1S/C20H30N2O2/c1-15(2)19-13-17(10-12-24-19)21-20(23)18-9-6-11-22(18)14-16-7-4-3-5-8-16/h3-5,7-8,15,17-19H,6,9-14H2,1-2H3,(H,21,23)/t17-,18-,19+/m1/s1. The van der Waals surface area contributed by atoms with Gasteiger partial charge in [0, 0.05) is 19.2 Å². The smallest absolute Gasteiger partial charge is 0.237 e. The van der Waals surface area contributed by atoms with Crippen molar-refractivity contribution in [2.24, 2.45) is 5.92 Å². The first-order valence-corrected chi connectivity index (χ1v) is 9.33. The van der Waals surface area contributed by atoms with Gasteiger partial charge in [-0.25, -0.2) is 0 Å². The van der Waals surface area contributed by atoms with E-state index in [1.54, 1.807) is 0 Å². The van der Waals surface area contributed by atoms with Gasteiger partial charge in [-0.3, -0.25) is 9.69 Å². The molecule has 132 valence electrons. The minimum absolute atomic E-state index is 0.0190. The maximum atomic E-state index is 12.8. The lowest BCUT2D eigenvalue weighted by Crippen LogP contribution is -2.49. The highest BCUT2D eigenvalue weighted by molar-refractivity contribution is 5.82. The number of hydrogen-bond acceptors (Lipinski definition) is 3. The van der Waals surface area contributed by atoms with Gasteiger partial charge in [-0.1, -0.05) is 44.2 Å². The van der Waals surface area contributed by atoms with Crippen LogP contribution in [0.3, 0.4) is 0 Å². The summed E-state index contributed by atoms with van der Waals surface area (Å²) in [5.74, 6) is 0.712. The monoisotopic (exact) mass is 330 g/mol. The lowest BCUT2D eigenvalue weighted by molar-refractivity contribution is -0.127. The van der Waals surface area contributed by atoms with E-state index in [0.717, 1.165) is 45.4 Å². The summed E-state index contributed by atoms with van der Waals surface area (Å²) in [5, 5.41) is 3.30. The van der Waals surface area contributed by atoms with Crippen molar-refractivity contribution in [3.8, 4) is 0 Å². The summed E-state index contributed by atoms with van der Waals surface area (Å²) in [4.78, 5) is 15.1. The zero-order valence-electron chi connectivity index (χ0n) is 14.9. The second-order valence-corrected chi connectivity index (χ2v) is 7.50. The molecule has 0 spiro atoms. The van der Waals surface area contributed by atoms with Crippen LogP contribution in [-0.2, 0) is 16.1 Å². The number of nitrogens with zero attached hydrogens (tertiary/aromatic N) is 1. The van der Waals surface area contributed by atoms with Crippen LogP contribution in [0, 0.1) is 5.92 Å². The van der Waals surface area contributed by atoms with E-state index in [4.69, 9.17) is 4.74 Å². The van der Waals surface area contributed by atoms with Gasteiger partial charge in [-0.05, 0) is 43.7 Å². The molecule has 2 heterocycles. The molecule has 0 unspecified atom stereocenters. The fraction of sp³-hybridized carbons (Fsp3) is 0.650. The topological polar surface area (TPSA) is 41.6 Å². The van der Waals surface area contributed by atoms with Gasteiger partial charge < -0.3 is 10.1 Å². The van der Waals surface area contributed by atoms with Crippen molar-refractivity contribution in [3.05, 3.63) is 35.9 Å². The van der Waals surface area contributed by atoms with Gasteiger partial charge in [0.25, 0.3) is 0 Å². The predicted octanol–water partition coefficient (Wildman–Crippen LogP) is 2.97. The van der Waals surface area contributed by atoms with Crippen LogP contribution >= 0.6 is 0 Å². The molecule has 1 aromatic rings. The fourth-order valence-electron chi connectivity index (χ4n) is 3.85. The molecule has 3 atom stereocenters. The van der Waals surface area contributed by atoms with Crippen molar-refractivity contribution in [1.29, 1.82) is 0 Å². The van der Waals surface area contributed by atoms with E-state index in [2.05, 4.69) is 48.3 Å². The Morgan fingerprint density at radius 3 is 2.83 bits per heavy atom. The number of rotatable bonds is 5. The van der Waals surface area contributed by atoms with E-state index >= 15 is 0 Å². The van der Waals surface area contributed by atoms with Crippen LogP contribution in [0.25, 0.3) is 0 Å². The molecule has 4 heteroatoms. The Labute approximate surface area is 145 Å². The van der Waals surface area contributed by atoms with Crippen LogP contribution in [0.15, 0.2) is 30.3 Å². The SMILES string of the molecule is CC(C)[C@@H]1C[C@H](NC(=O)[C@H]2CCCN2Cc2ccccc2)CCO1. The predicted molar refractivity (Wildman–Crippen MR) is 95.6 cm³/mol. The highest BCUT2D eigenvalue weighted by atomic mass is 16.5. The first-order chi connectivity index (χ1) is 11.6. The zero-order chi connectivity index (χ0) is 16.9. The molecule has 2 saturated heterocycles.